The highest BCUT2D eigenvalue weighted by atomic mass is 16.5. The molecule has 1 saturated heterocycles. The molecule has 0 aromatic heterocycles. The van der Waals surface area contributed by atoms with Gasteiger partial charge in [0.05, 0.1) is 32.5 Å². The third-order valence-electron chi connectivity index (χ3n) is 7.03. The molecule has 3 aromatic carbocycles. The van der Waals surface area contributed by atoms with Gasteiger partial charge in [0.1, 0.15) is 5.75 Å². The highest BCUT2D eigenvalue weighted by Crippen LogP contribution is 2.33. The smallest absolute Gasteiger partial charge is 0.253 e. The van der Waals surface area contributed by atoms with Gasteiger partial charge in [-0.05, 0) is 65.9 Å². The molecule has 0 radical (unpaired) electrons. The monoisotopic (exact) mass is 516 g/mol. The summed E-state index contributed by atoms with van der Waals surface area (Å²) in [7, 11) is 1.60. The van der Waals surface area contributed by atoms with Crippen molar-refractivity contribution in [3.8, 4) is 17.2 Å². The molecule has 1 fully saturated rings. The lowest BCUT2D eigenvalue weighted by atomic mass is 9.99. The van der Waals surface area contributed by atoms with Crippen LogP contribution >= 0.6 is 0 Å². The maximum Gasteiger partial charge on any atom is 0.253 e. The SMILES string of the molecule is COc1ccc2cc1Oc1cccc(c1)CO[C@H]1CCN(C(=O)c3ccc(CO)cc3)C[C@H]1NC(=O)CC2. The standard InChI is InChI=1S/C30H32N2O6/c1-36-27-11-7-20-8-12-29(34)31-25-17-32(30(35)23-9-5-21(18-33)6-10-23)14-13-26(25)37-19-22-3-2-4-24(15-22)38-28(27)16-20/h2-7,9-11,15-16,25-26,33H,8,12-14,17-19H2,1H3,(H,31,34)/t25-,26+/m1/s1. The van der Waals surface area contributed by atoms with E-state index in [9.17, 15) is 14.7 Å². The topological polar surface area (TPSA) is 97.3 Å². The van der Waals surface area contributed by atoms with Crippen molar-refractivity contribution in [3.05, 3.63) is 89.0 Å². The van der Waals surface area contributed by atoms with Gasteiger partial charge >= 0.3 is 0 Å². The summed E-state index contributed by atoms with van der Waals surface area (Å²) in [6, 6.07) is 20.0. The number of methoxy groups -OCH3 is 1. The van der Waals surface area contributed by atoms with Gasteiger partial charge in [-0.15, -0.1) is 0 Å². The summed E-state index contributed by atoms with van der Waals surface area (Å²) < 4.78 is 17.9. The summed E-state index contributed by atoms with van der Waals surface area (Å²) in [4.78, 5) is 28.0. The molecular weight excluding hydrogens is 484 g/mol. The Kier molecular flexibility index (Phi) is 7.91. The van der Waals surface area contributed by atoms with Crippen molar-refractivity contribution in [1.82, 2.24) is 10.2 Å². The number of nitrogens with one attached hydrogen (secondary N) is 1. The Hall–Kier alpha value is -3.88. The first kappa shape index (κ1) is 25.8. The van der Waals surface area contributed by atoms with Gasteiger partial charge in [-0.2, -0.15) is 0 Å². The zero-order chi connectivity index (χ0) is 26.5. The fourth-order valence-electron chi connectivity index (χ4n) is 4.91. The van der Waals surface area contributed by atoms with E-state index in [2.05, 4.69) is 5.32 Å². The molecule has 38 heavy (non-hydrogen) atoms. The second-order valence-electron chi connectivity index (χ2n) is 9.65. The largest absolute Gasteiger partial charge is 0.493 e. The lowest BCUT2D eigenvalue weighted by molar-refractivity contribution is -0.124. The number of aliphatic hydroxyl groups is 1. The van der Waals surface area contributed by atoms with Crippen LogP contribution in [0, 0.1) is 0 Å². The Morgan fingerprint density at radius 2 is 1.92 bits per heavy atom. The van der Waals surface area contributed by atoms with E-state index in [1.807, 2.05) is 42.5 Å². The number of ether oxygens (including phenoxy) is 3. The molecule has 0 spiro atoms. The quantitative estimate of drug-likeness (QED) is 0.549. The maximum absolute atomic E-state index is 13.2. The van der Waals surface area contributed by atoms with Crippen LogP contribution in [0.5, 0.6) is 17.2 Å². The first-order valence-electron chi connectivity index (χ1n) is 12.9. The molecule has 8 heteroatoms. The van der Waals surface area contributed by atoms with E-state index in [4.69, 9.17) is 14.2 Å². The maximum atomic E-state index is 13.2. The van der Waals surface area contributed by atoms with Crippen LogP contribution < -0.4 is 14.8 Å². The van der Waals surface area contributed by atoms with Gasteiger partial charge < -0.3 is 29.5 Å². The van der Waals surface area contributed by atoms with Gasteiger partial charge in [0.2, 0.25) is 5.91 Å². The predicted octanol–water partition coefficient (Wildman–Crippen LogP) is 3.84. The molecular formula is C30H32N2O6. The van der Waals surface area contributed by atoms with Crippen LogP contribution in [0.1, 0.15) is 39.9 Å². The number of aryl methyl sites for hydroxylation is 1. The normalized spacial score (nSPS) is 19.7. The predicted molar refractivity (Wildman–Crippen MR) is 141 cm³/mol. The molecule has 2 atom stereocenters. The fourth-order valence-corrected chi connectivity index (χ4v) is 4.91. The number of amides is 2. The van der Waals surface area contributed by atoms with Crippen molar-refractivity contribution < 1.29 is 28.9 Å². The molecule has 198 valence electrons. The van der Waals surface area contributed by atoms with Crippen molar-refractivity contribution in [3.63, 3.8) is 0 Å². The van der Waals surface area contributed by atoms with Crippen molar-refractivity contribution in [2.45, 2.75) is 44.6 Å². The fraction of sp³-hybridized carbons (Fsp3) is 0.333. The summed E-state index contributed by atoms with van der Waals surface area (Å²) in [5.74, 6) is 1.68. The molecule has 3 aromatic rings. The Balaban J connectivity index is 1.37. The van der Waals surface area contributed by atoms with Gasteiger partial charge in [-0.3, -0.25) is 9.59 Å². The zero-order valence-corrected chi connectivity index (χ0v) is 21.4. The van der Waals surface area contributed by atoms with Crippen molar-refractivity contribution in [2.75, 3.05) is 20.2 Å². The summed E-state index contributed by atoms with van der Waals surface area (Å²) in [5.41, 5.74) is 3.21. The number of hydrogen-bond donors (Lipinski definition) is 2. The van der Waals surface area contributed by atoms with Gasteiger partial charge in [0, 0.05) is 25.1 Å². The van der Waals surface area contributed by atoms with Crippen LogP contribution in [0.3, 0.4) is 0 Å². The summed E-state index contributed by atoms with van der Waals surface area (Å²) in [6.45, 7) is 1.15. The number of piperidine rings is 1. The van der Waals surface area contributed by atoms with E-state index in [0.717, 1.165) is 16.7 Å². The molecule has 2 aliphatic heterocycles. The first-order valence-corrected chi connectivity index (χ1v) is 12.9. The number of carbonyl (C=O) groups excluding carboxylic acids is 2. The van der Waals surface area contributed by atoms with Crippen LogP contribution in [0.15, 0.2) is 66.7 Å². The Labute approximate surface area is 222 Å². The number of carbonyl (C=O) groups is 2. The number of hydrogen-bond acceptors (Lipinski definition) is 6. The van der Waals surface area contributed by atoms with Crippen LogP contribution in [0.25, 0.3) is 0 Å². The second-order valence-corrected chi connectivity index (χ2v) is 9.65. The molecule has 0 saturated carbocycles. The number of rotatable bonds is 3. The Morgan fingerprint density at radius 3 is 2.71 bits per heavy atom. The van der Waals surface area contributed by atoms with E-state index in [1.165, 1.54) is 0 Å². The first-order chi connectivity index (χ1) is 18.5. The highest BCUT2D eigenvalue weighted by molar-refractivity contribution is 5.94. The van der Waals surface area contributed by atoms with Crippen molar-refractivity contribution in [2.24, 2.45) is 0 Å². The minimum absolute atomic E-state index is 0.0712. The van der Waals surface area contributed by atoms with E-state index < -0.39 is 0 Å². The Bertz CT molecular complexity index is 1290. The molecule has 2 aliphatic rings. The molecule has 5 rings (SSSR count). The molecule has 2 amide bonds. The zero-order valence-electron chi connectivity index (χ0n) is 21.4. The van der Waals surface area contributed by atoms with Crippen LogP contribution in [0.2, 0.25) is 0 Å². The molecule has 2 heterocycles. The minimum Gasteiger partial charge on any atom is -0.493 e. The number of aliphatic hydroxyl groups excluding tert-OH is 1. The Morgan fingerprint density at radius 1 is 1.08 bits per heavy atom. The molecule has 2 N–H and O–H groups in total. The van der Waals surface area contributed by atoms with Crippen LogP contribution in [-0.4, -0.2) is 54.2 Å². The highest BCUT2D eigenvalue weighted by Gasteiger charge is 2.33. The summed E-state index contributed by atoms with van der Waals surface area (Å²) in [5, 5.41) is 12.4. The number of nitrogens with zero attached hydrogens (tertiary/aromatic N) is 1. The average molecular weight is 517 g/mol. The third kappa shape index (κ3) is 5.98. The van der Waals surface area contributed by atoms with E-state index in [-0.39, 0.29) is 30.6 Å². The van der Waals surface area contributed by atoms with Crippen LogP contribution in [-0.2, 0) is 29.2 Å². The average Bonchev–Trinajstić information content (AvgIpc) is 2.95. The number of benzene rings is 3. The van der Waals surface area contributed by atoms with Crippen molar-refractivity contribution in [1.29, 1.82) is 0 Å². The van der Waals surface area contributed by atoms with E-state index >= 15 is 0 Å². The van der Waals surface area contributed by atoms with Crippen LogP contribution in [0.4, 0.5) is 0 Å². The lowest BCUT2D eigenvalue weighted by Crippen LogP contribution is -2.57. The molecule has 0 aliphatic carbocycles. The van der Waals surface area contributed by atoms with E-state index in [1.54, 1.807) is 36.3 Å². The van der Waals surface area contributed by atoms with Gasteiger partial charge in [-0.25, -0.2) is 0 Å². The molecule has 8 nitrogen and oxygen atoms in total. The van der Waals surface area contributed by atoms with E-state index in [0.29, 0.717) is 61.8 Å². The summed E-state index contributed by atoms with van der Waals surface area (Å²) >= 11 is 0. The number of likely N-dealkylation sites (tertiary alicyclic amines) is 1. The second kappa shape index (κ2) is 11.7. The van der Waals surface area contributed by atoms with Gasteiger partial charge in [-0.1, -0.05) is 30.3 Å². The van der Waals surface area contributed by atoms with Gasteiger partial charge in [0.25, 0.3) is 5.91 Å². The summed E-state index contributed by atoms with van der Waals surface area (Å²) in [6.07, 6.45) is 1.18. The van der Waals surface area contributed by atoms with Gasteiger partial charge in [0.15, 0.2) is 11.5 Å². The molecule has 4 bridgehead atoms. The number of fused-ring (bicyclic) bond motifs is 5. The minimum atomic E-state index is -0.340. The lowest BCUT2D eigenvalue weighted by Gasteiger charge is -2.39. The molecule has 0 unspecified atom stereocenters. The van der Waals surface area contributed by atoms with Crippen molar-refractivity contribution >= 4 is 11.8 Å². The third-order valence-corrected chi connectivity index (χ3v) is 7.03.